The average Bonchev–Trinajstić information content (AvgIpc) is 2.14. The van der Waals surface area contributed by atoms with Gasteiger partial charge in [-0.1, -0.05) is 11.3 Å². The Bertz CT molecular complexity index is 231. The fourth-order valence-electron chi connectivity index (χ4n) is 0.507. The molecule has 0 aromatic carbocycles. The van der Waals surface area contributed by atoms with E-state index in [2.05, 4.69) is 0 Å². The number of amides is 1. The summed E-state index contributed by atoms with van der Waals surface area (Å²) in [5.41, 5.74) is 6.80. The lowest BCUT2D eigenvalue weighted by molar-refractivity contribution is -0.666. The van der Waals surface area contributed by atoms with Crippen molar-refractivity contribution in [1.82, 2.24) is 0 Å². The Morgan fingerprint density at radius 2 is 2.56 bits per heavy atom. The Morgan fingerprint density at radius 3 is 2.78 bits per heavy atom. The van der Waals surface area contributed by atoms with Gasteiger partial charge in [0.05, 0.1) is 0 Å². The number of hydrogen-bond acceptors (Lipinski definition) is 2. The SMILES string of the molecule is C[n+]1csc(C(N)=O)c1. The highest BCUT2D eigenvalue weighted by Crippen LogP contribution is 2.00. The second-order valence-electron chi connectivity index (χ2n) is 1.75. The Kier molecular flexibility index (Phi) is 1.48. The van der Waals surface area contributed by atoms with Gasteiger partial charge in [-0.2, -0.15) is 4.57 Å². The Morgan fingerprint density at radius 1 is 1.89 bits per heavy atom. The summed E-state index contributed by atoms with van der Waals surface area (Å²) in [5.74, 6) is -0.361. The van der Waals surface area contributed by atoms with Crippen molar-refractivity contribution in [2.45, 2.75) is 0 Å². The molecule has 0 atom stereocenters. The van der Waals surface area contributed by atoms with Crippen molar-refractivity contribution in [2.75, 3.05) is 0 Å². The van der Waals surface area contributed by atoms with Crippen LogP contribution >= 0.6 is 11.3 Å². The molecule has 0 saturated carbocycles. The summed E-state index contributed by atoms with van der Waals surface area (Å²) in [7, 11) is 1.85. The minimum Gasteiger partial charge on any atom is -0.365 e. The quantitative estimate of drug-likeness (QED) is 0.538. The van der Waals surface area contributed by atoms with Crippen LogP contribution in [0, 0.1) is 0 Å². The van der Waals surface area contributed by atoms with Gasteiger partial charge in [-0.15, -0.1) is 0 Å². The first-order chi connectivity index (χ1) is 4.20. The predicted octanol–water partition coefficient (Wildman–Crippen LogP) is -0.329. The van der Waals surface area contributed by atoms with Crippen LogP contribution in [0.3, 0.4) is 0 Å². The molecule has 0 spiro atoms. The first kappa shape index (κ1) is 6.22. The van der Waals surface area contributed by atoms with Crippen molar-refractivity contribution in [3.05, 3.63) is 16.6 Å². The minimum absolute atomic E-state index is 0.361. The molecule has 1 rings (SSSR count). The van der Waals surface area contributed by atoms with Crippen LogP contribution in [0.15, 0.2) is 11.7 Å². The van der Waals surface area contributed by atoms with Crippen LogP contribution in [0.5, 0.6) is 0 Å². The molecule has 1 aromatic rings. The fraction of sp³-hybridized carbons (Fsp3) is 0.200. The molecule has 48 valence electrons. The number of hydrogen-bond donors (Lipinski definition) is 1. The van der Waals surface area contributed by atoms with Gasteiger partial charge >= 0.3 is 0 Å². The number of carbonyl (C=O) groups excluding carboxylic acids is 1. The number of thiazole rings is 1. The average molecular weight is 143 g/mol. The number of nitrogens with two attached hydrogens (primary N) is 1. The standard InChI is InChI=1S/C5H6N2OS/c1-7-2-4(5(6)8)9-3-7/h2-3H,1H3,(H-,6,8)/p+1. The van der Waals surface area contributed by atoms with E-state index >= 15 is 0 Å². The zero-order valence-corrected chi connectivity index (χ0v) is 5.81. The maximum Gasteiger partial charge on any atom is 0.265 e. The Balaban J connectivity index is 2.98. The topological polar surface area (TPSA) is 47.0 Å². The molecule has 1 aromatic heterocycles. The maximum atomic E-state index is 10.4. The number of primary amides is 1. The highest BCUT2D eigenvalue weighted by Gasteiger charge is 2.06. The Labute approximate surface area is 56.7 Å². The molecule has 0 fully saturated rings. The molecule has 0 aliphatic rings. The van der Waals surface area contributed by atoms with Crippen molar-refractivity contribution in [3.63, 3.8) is 0 Å². The van der Waals surface area contributed by atoms with Gasteiger partial charge < -0.3 is 5.73 Å². The van der Waals surface area contributed by atoms with Crippen molar-refractivity contribution in [2.24, 2.45) is 12.8 Å². The van der Waals surface area contributed by atoms with Gasteiger partial charge in [-0.25, -0.2) is 0 Å². The normalized spacial score (nSPS) is 9.44. The summed E-state index contributed by atoms with van der Waals surface area (Å²) in [6.07, 6.45) is 1.70. The van der Waals surface area contributed by atoms with E-state index in [1.165, 1.54) is 11.3 Å². The number of aryl methyl sites for hydroxylation is 1. The zero-order chi connectivity index (χ0) is 6.85. The third kappa shape index (κ3) is 1.26. The summed E-state index contributed by atoms with van der Waals surface area (Å²) in [6, 6.07) is 0. The van der Waals surface area contributed by atoms with Gasteiger partial charge in [-0.3, -0.25) is 4.79 Å². The molecule has 0 radical (unpaired) electrons. The molecule has 0 unspecified atom stereocenters. The fourth-order valence-corrected chi connectivity index (χ4v) is 1.19. The summed E-state index contributed by atoms with van der Waals surface area (Å²) in [5, 5.41) is 0. The number of nitrogens with zero attached hydrogens (tertiary/aromatic N) is 1. The monoisotopic (exact) mass is 143 g/mol. The van der Waals surface area contributed by atoms with Gasteiger partial charge in [0.25, 0.3) is 5.91 Å². The number of rotatable bonds is 1. The lowest BCUT2D eigenvalue weighted by Crippen LogP contribution is -2.23. The molecule has 0 saturated heterocycles. The highest BCUT2D eigenvalue weighted by molar-refractivity contribution is 7.11. The molecule has 9 heavy (non-hydrogen) atoms. The van der Waals surface area contributed by atoms with E-state index in [0.29, 0.717) is 4.88 Å². The zero-order valence-electron chi connectivity index (χ0n) is 5.00. The van der Waals surface area contributed by atoms with Crippen LogP contribution in [0.25, 0.3) is 0 Å². The van der Waals surface area contributed by atoms with Gasteiger partial charge in [0.1, 0.15) is 7.05 Å². The summed E-state index contributed by atoms with van der Waals surface area (Å²) < 4.78 is 1.80. The van der Waals surface area contributed by atoms with Crippen LogP contribution in [0.4, 0.5) is 0 Å². The molecular weight excluding hydrogens is 136 g/mol. The van der Waals surface area contributed by atoms with Gasteiger partial charge in [0.2, 0.25) is 5.51 Å². The Hall–Kier alpha value is -0.900. The van der Waals surface area contributed by atoms with E-state index in [4.69, 9.17) is 5.73 Å². The molecule has 1 heterocycles. The predicted molar refractivity (Wildman–Crippen MR) is 34.0 cm³/mol. The minimum atomic E-state index is -0.361. The van der Waals surface area contributed by atoms with Crippen molar-refractivity contribution in [1.29, 1.82) is 0 Å². The van der Waals surface area contributed by atoms with E-state index in [1.807, 2.05) is 12.6 Å². The summed E-state index contributed by atoms with van der Waals surface area (Å²) >= 11 is 1.35. The number of carbonyl (C=O) groups is 1. The summed E-state index contributed by atoms with van der Waals surface area (Å²) in [6.45, 7) is 0. The van der Waals surface area contributed by atoms with Crippen LogP contribution in [0.1, 0.15) is 9.67 Å². The summed E-state index contributed by atoms with van der Waals surface area (Å²) in [4.78, 5) is 11.0. The molecule has 4 heteroatoms. The first-order valence-electron chi connectivity index (χ1n) is 2.43. The second-order valence-corrected chi connectivity index (χ2v) is 2.63. The molecule has 0 bridgehead atoms. The van der Waals surface area contributed by atoms with Crippen LogP contribution < -0.4 is 10.3 Å². The smallest absolute Gasteiger partial charge is 0.265 e. The third-order valence-electron chi connectivity index (χ3n) is 0.910. The van der Waals surface area contributed by atoms with E-state index in [0.717, 1.165) is 0 Å². The van der Waals surface area contributed by atoms with Gasteiger partial charge in [-0.05, 0) is 0 Å². The van der Waals surface area contributed by atoms with Gasteiger partial charge in [0, 0.05) is 0 Å². The van der Waals surface area contributed by atoms with E-state index in [1.54, 1.807) is 10.8 Å². The molecule has 0 aliphatic heterocycles. The van der Waals surface area contributed by atoms with Crippen molar-refractivity contribution < 1.29 is 9.36 Å². The van der Waals surface area contributed by atoms with Crippen LogP contribution in [-0.4, -0.2) is 5.91 Å². The highest BCUT2D eigenvalue weighted by atomic mass is 32.1. The van der Waals surface area contributed by atoms with Crippen molar-refractivity contribution >= 4 is 17.2 Å². The van der Waals surface area contributed by atoms with E-state index in [9.17, 15) is 4.79 Å². The number of aromatic nitrogens is 1. The molecule has 0 aliphatic carbocycles. The first-order valence-corrected chi connectivity index (χ1v) is 3.31. The second kappa shape index (κ2) is 2.14. The van der Waals surface area contributed by atoms with E-state index in [-0.39, 0.29) is 5.91 Å². The molecule has 3 nitrogen and oxygen atoms in total. The van der Waals surface area contributed by atoms with Crippen LogP contribution in [-0.2, 0) is 7.05 Å². The molecule has 1 amide bonds. The van der Waals surface area contributed by atoms with E-state index < -0.39 is 0 Å². The largest absolute Gasteiger partial charge is 0.365 e. The van der Waals surface area contributed by atoms with Crippen LogP contribution in [0.2, 0.25) is 0 Å². The lowest BCUT2D eigenvalue weighted by atomic mass is 10.5. The maximum absolute atomic E-state index is 10.4. The molecule has 2 N–H and O–H groups in total. The third-order valence-corrected chi connectivity index (χ3v) is 1.91. The van der Waals surface area contributed by atoms with Crippen molar-refractivity contribution in [3.8, 4) is 0 Å². The van der Waals surface area contributed by atoms with Gasteiger partial charge in [0.15, 0.2) is 11.1 Å². The lowest BCUT2D eigenvalue weighted by Gasteiger charge is -1.76. The molecular formula is C5H7N2OS+.